The number of nitrogens with one attached hydrogen (secondary N) is 2. The van der Waals surface area contributed by atoms with E-state index in [1.54, 1.807) is 12.1 Å². The maximum Gasteiger partial charge on any atom is 0.255 e. The summed E-state index contributed by atoms with van der Waals surface area (Å²) in [6.45, 7) is 1.28. The van der Waals surface area contributed by atoms with Gasteiger partial charge in [-0.1, -0.05) is 12.1 Å². The first kappa shape index (κ1) is 13.0. The minimum atomic E-state index is -0.758. The second-order valence-corrected chi connectivity index (χ2v) is 3.65. The van der Waals surface area contributed by atoms with Crippen LogP contribution >= 0.6 is 0 Å². The minimum absolute atomic E-state index is 0.157. The van der Waals surface area contributed by atoms with E-state index in [-0.39, 0.29) is 11.7 Å². The summed E-state index contributed by atoms with van der Waals surface area (Å²) in [5.74, 6) is -0.673. The molecule has 17 heavy (non-hydrogen) atoms. The van der Waals surface area contributed by atoms with Gasteiger partial charge in [-0.15, -0.1) is 0 Å². The van der Waals surface area contributed by atoms with Crippen LogP contribution in [0, 0.1) is 0 Å². The van der Waals surface area contributed by atoms with Gasteiger partial charge >= 0.3 is 0 Å². The molecule has 1 atom stereocenters. The fraction of sp³-hybridized carbons (Fsp3) is 0.273. The highest BCUT2D eigenvalue weighted by atomic mass is 16.3. The molecular formula is C11H15N3O3. The minimum Gasteiger partial charge on any atom is -0.508 e. The number of carbonyl (C=O) groups is 2. The van der Waals surface area contributed by atoms with Crippen molar-refractivity contribution >= 4 is 11.8 Å². The number of hydrogen-bond acceptors (Lipinski definition) is 4. The van der Waals surface area contributed by atoms with Crippen molar-refractivity contribution in [3.05, 3.63) is 29.8 Å². The van der Waals surface area contributed by atoms with E-state index in [4.69, 9.17) is 10.8 Å². The molecule has 0 spiro atoms. The molecular weight excluding hydrogens is 222 g/mol. The topological polar surface area (TPSA) is 104 Å². The SMILES string of the molecule is CC(=O)NNC(=O)C(N)Cc1ccc(O)cc1. The Morgan fingerprint density at radius 3 is 2.41 bits per heavy atom. The van der Waals surface area contributed by atoms with E-state index < -0.39 is 11.9 Å². The van der Waals surface area contributed by atoms with E-state index >= 15 is 0 Å². The molecule has 0 bridgehead atoms. The highest BCUT2D eigenvalue weighted by Gasteiger charge is 2.13. The zero-order valence-corrected chi connectivity index (χ0v) is 9.43. The van der Waals surface area contributed by atoms with Gasteiger partial charge in [0.05, 0.1) is 6.04 Å². The fourth-order valence-corrected chi connectivity index (χ4v) is 1.22. The predicted octanol–water partition coefficient (Wildman–Crippen LogP) is -0.571. The predicted molar refractivity (Wildman–Crippen MR) is 61.7 cm³/mol. The van der Waals surface area contributed by atoms with E-state index in [1.165, 1.54) is 19.1 Å². The van der Waals surface area contributed by atoms with Gasteiger partial charge in [0.2, 0.25) is 5.91 Å². The number of aromatic hydroxyl groups is 1. The molecule has 0 fully saturated rings. The summed E-state index contributed by atoms with van der Waals surface area (Å²) < 4.78 is 0. The lowest BCUT2D eigenvalue weighted by Crippen LogP contribution is -2.49. The number of nitrogens with two attached hydrogens (primary N) is 1. The smallest absolute Gasteiger partial charge is 0.255 e. The Balaban J connectivity index is 2.48. The van der Waals surface area contributed by atoms with Gasteiger partial charge in [-0.25, -0.2) is 0 Å². The van der Waals surface area contributed by atoms with Gasteiger partial charge in [0.1, 0.15) is 5.75 Å². The normalized spacial score (nSPS) is 11.6. The van der Waals surface area contributed by atoms with Crippen LogP contribution in [0.25, 0.3) is 0 Å². The Labute approximate surface area is 98.8 Å². The van der Waals surface area contributed by atoms with Crippen molar-refractivity contribution in [2.45, 2.75) is 19.4 Å². The molecule has 0 radical (unpaired) electrons. The van der Waals surface area contributed by atoms with Crippen LogP contribution in [0.2, 0.25) is 0 Å². The van der Waals surface area contributed by atoms with Gasteiger partial charge in [-0.2, -0.15) is 0 Å². The monoisotopic (exact) mass is 237 g/mol. The number of hydrogen-bond donors (Lipinski definition) is 4. The second kappa shape index (κ2) is 5.86. The molecule has 2 amide bonds. The van der Waals surface area contributed by atoms with Crippen LogP contribution in [0.15, 0.2) is 24.3 Å². The Bertz CT molecular complexity index is 403. The fourth-order valence-electron chi connectivity index (χ4n) is 1.22. The standard InChI is InChI=1S/C11H15N3O3/c1-7(15)13-14-11(17)10(12)6-8-2-4-9(16)5-3-8/h2-5,10,16H,6,12H2,1H3,(H,13,15)(H,14,17). The van der Waals surface area contributed by atoms with Crippen molar-refractivity contribution in [2.24, 2.45) is 5.73 Å². The van der Waals surface area contributed by atoms with E-state index in [1.807, 2.05) is 0 Å². The molecule has 0 heterocycles. The summed E-state index contributed by atoms with van der Waals surface area (Å²) >= 11 is 0. The van der Waals surface area contributed by atoms with Crippen molar-refractivity contribution in [2.75, 3.05) is 0 Å². The van der Waals surface area contributed by atoms with Crippen molar-refractivity contribution in [1.29, 1.82) is 0 Å². The molecule has 1 aromatic rings. The number of phenols is 1. The number of amides is 2. The van der Waals surface area contributed by atoms with Crippen LogP contribution in [0.4, 0.5) is 0 Å². The van der Waals surface area contributed by atoms with E-state index in [0.29, 0.717) is 6.42 Å². The first-order valence-electron chi connectivity index (χ1n) is 5.09. The van der Waals surface area contributed by atoms with Crippen LogP contribution in [-0.2, 0) is 16.0 Å². The first-order valence-corrected chi connectivity index (χ1v) is 5.09. The van der Waals surface area contributed by atoms with Crippen LogP contribution < -0.4 is 16.6 Å². The van der Waals surface area contributed by atoms with Crippen molar-refractivity contribution in [1.82, 2.24) is 10.9 Å². The number of hydrazine groups is 1. The van der Waals surface area contributed by atoms with Crippen molar-refractivity contribution in [3.63, 3.8) is 0 Å². The molecule has 6 heteroatoms. The molecule has 1 aromatic carbocycles. The molecule has 1 rings (SSSR count). The molecule has 0 aliphatic heterocycles. The van der Waals surface area contributed by atoms with Gasteiger partial charge in [-0.3, -0.25) is 20.4 Å². The zero-order chi connectivity index (χ0) is 12.8. The summed E-state index contributed by atoms with van der Waals surface area (Å²) in [5.41, 5.74) is 10.8. The lowest BCUT2D eigenvalue weighted by molar-refractivity contribution is -0.128. The number of carbonyl (C=O) groups excluding carboxylic acids is 2. The Morgan fingerprint density at radius 2 is 1.88 bits per heavy atom. The molecule has 6 nitrogen and oxygen atoms in total. The maximum atomic E-state index is 11.4. The highest BCUT2D eigenvalue weighted by molar-refractivity contribution is 5.84. The van der Waals surface area contributed by atoms with E-state index in [9.17, 15) is 9.59 Å². The van der Waals surface area contributed by atoms with Gasteiger partial charge in [0.15, 0.2) is 0 Å². The first-order chi connectivity index (χ1) is 7.99. The summed E-state index contributed by atoms with van der Waals surface area (Å²) in [7, 11) is 0. The van der Waals surface area contributed by atoms with Gasteiger partial charge in [-0.05, 0) is 24.1 Å². The summed E-state index contributed by atoms with van der Waals surface area (Å²) in [6, 6.07) is 5.65. The van der Waals surface area contributed by atoms with E-state index in [0.717, 1.165) is 5.56 Å². The lowest BCUT2D eigenvalue weighted by Gasteiger charge is -2.12. The zero-order valence-electron chi connectivity index (χ0n) is 9.43. The lowest BCUT2D eigenvalue weighted by atomic mass is 10.1. The quantitative estimate of drug-likeness (QED) is 0.528. The van der Waals surface area contributed by atoms with Crippen LogP contribution in [0.3, 0.4) is 0 Å². The third-order valence-corrected chi connectivity index (χ3v) is 2.09. The van der Waals surface area contributed by atoms with Gasteiger partial charge < -0.3 is 10.8 Å². The molecule has 5 N–H and O–H groups in total. The molecule has 0 aliphatic rings. The average Bonchev–Trinajstić information content (AvgIpc) is 2.28. The number of phenolic OH excluding ortho intramolecular Hbond substituents is 1. The van der Waals surface area contributed by atoms with Gasteiger partial charge in [0.25, 0.3) is 5.91 Å². The van der Waals surface area contributed by atoms with Gasteiger partial charge in [0, 0.05) is 6.92 Å². The van der Waals surface area contributed by atoms with E-state index in [2.05, 4.69) is 10.9 Å². The molecule has 0 saturated heterocycles. The Kier molecular flexibility index (Phi) is 4.47. The van der Waals surface area contributed by atoms with Crippen LogP contribution in [0.5, 0.6) is 5.75 Å². The largest absolute Gasteiger partial charge is 0.508 e. The molecule has 0 aromatic heterocycles. The maximum absolute atomic E-state index is 11.4. The summed E-state index contributed by atoms with van der Waals surface area (Å²) in [4.78, 5) is 22.0. The number of benzene rings is 1. The highest BCUT2D eigenvalue weighted by Crippen LogP contribution is 2.10. The molecule has 92 valence electrons. The van der Waals surface area contributed by atoms with Crippen molar-refractivity contribution < 1.29 is 14.7 Å². The molecule has 1 unspecified atom stereocenters. The third kappa shape index (κ3) is 4.52. The third-order valence-electron chi connectivity index (χ3n) is 2.09. The molecule has 0 aliphatic carbocycles. The Hall–Kier alpha value is -2.08. The second-order valence-electron chi connectivity index (χ2n) is 3.65. The summed E-state index contributed by atoms with van der Waals surface area (Å²) in [5, 5.41) is 9.09. The number of rotatable bonds is 3. The molecule has 0 saturated carbocycles. The summed E-state index contributed by atoms with van der Waals surface area (Å²) in [6.07, 6.45) is 0.325. The average molecular weight is 237 g/mol. The van der Waals surface area contributed by atoms with Crippen molar-refractivity contribution in [3.8, 4) is 5.75 Å². The Morgan fingerprint density at radius 1 is 1.29 bits per heavy atom. The van der Waals surface area contributed by atoms with Crippen LogP contribution in [0.1, 0.15) is 12.5 Å². The van der Waals surface area contributed by atoms with Crippen LogP contribution in [-0.4, -0.2) is 23.0 Å².